The van der Waals surface area contributed by atoms with Crippen LogP contribution >= 0.6 is 23.5 Å². The van der Waals surface area contributed by atoms with Crippen LogP contribution in [0.1, 0.15) is 25.7 Å². The Kier molecular flexibility index (Phi) is 11.3. The van der Waals surface area contributed by atoms with Crippen LogP contribution in [0.3, 0.4) is 0 Å². The molecule has 0 aromatic heterocycles. The highest BCUT2D eigenvalue weighted by molar-refractivity contribution is 7.98. The van der Waals surface area contributed by atoms with E-state index in [1.807, 2.05) is 12.5 Å². The number of carbonyl (C=O) groups excluding carboxylic acids is 3. The summed E-state index contributed by atoms with van der Waals surface area (Å²) in [7, 11) is 0. The van der Waals surface area contributed by atoms with Gasteiger partial charge in [0.25, 0.3) is 0 Å². The molecule has 0 spiro atoms. The smallest absolute Gasteiger partial charge is 0.326 e. The van der Waals surface area contributed by atoms with Crippen LogP contribution in [0.2, 0.25) is 0 Å². The summed E-state index contributed by atoms with van der Waals surface area (Å²) in [5, 5.41) is 14.0. The summed E-state index contributed by atoms with van der Waals surface area (Å²) in [6, 6.07) is -2.28. The van der Waals surface area contributed by atoms with Crippen molar-refractivity contribution < 1.29 is 24.3 Å². The zero-order valence-electron chi connectivity index (χ0n) is 16.3. The molecule has 1 aliphatic rings. The summed E-state index contributed by atoms with van der Waals surface area (Å²) < 4.78 is 0. The van der Waals surface area contributed by atoms with Gasteiger partial charge in [-0.2, -0.15) is 23.5 Å². The molecule has 9 nitrogen and oxygen atoms in total. The largest absolute Gasteiger partial charge is 0.480 e. The van der Waals surface area contributed by atoms with Crippen molar-refractivity contribution >= 4 is 47.2 Å². The van der Waals surface area contributed by atoms with Gasteiger partial charge >= 0.3 is 5.97 Å². The van der Waals surface area contributed by atoms with Gasteiger partial charge in [0.2, 0.25) is 17.7 Å². The van der Waals surface area contributed by atoms with Gasteiger partial charge in [-0.25, -0.2) is 4.79 Å². The first-order valence-electron chi connectivity index (χ1n) is 9.15. The molecule has 1 heterocycles. The second-order valence-corrected chi connectivity index (χ2v) is 8.51. The Bertz CT molecular complexity index is 564. The molecule has 3 atom stereocenters. The van der Waals surface area contributed by atoms with E-state index in [0.717, 1.165) is 5.75 Å². The minimum atomic E-state index is -1.11. The Labute approximate surface area is 173 Å². The molecule has 28 heavy (non-hydrogen) atoms. The van der Waals surface area contributed by atoms with E-state index in [-0.39, 0.29) is 12.5 Å². The summed E-state index contributed by atoms with van der Waals surface area (Å²) in [6.07, 6.45) is 5.84. The van der Waals surface area contributed by atoms with E-state index in [9.17, 15) is 19.2 Å². The number of carbonyl (C=O) groups is 4. The third kappa shape index (κ3) is 7.88. The molecule has 3 amide bonds. The first-order valence-corrected chi connectivity index (χ1v) is 11.9. The SMILES string of the molecule is CSCCC(N)C(=O)N1CCCC1C(=O)NCC(=O)NC(CCSC)C(=O)O. The molecule has 1 saturated heterocycles. The molecule has 0 bridgehead atoms. The second-order valence-electron chi connectivity index (χ2n) is 6.54. The average Bonchev–Trinajstić information content (AvgIpc) is 3.16. The predicted molar refractivity (Wildman–Crippen MR) is 111 cm³/mol. The number of amides is 3. The van der Waals surface area contributed by atoms with Crippen molar-refractivity contribution in [3.05, 3.63) is 0 Å². The Hall–Kier alpha value is -1.46. The molecule has 1 fully saturated rings. The second kappa shape index (κ2) is 12.9. The van der Waals surface area contributed by atoms with E-state index in [4.69, 9.17) is 10.8 Å². The van der Waals surface area contributed by atoms with Crippen LogP contribution in [0.15, 0.2) is 0 Å². The lowest BCUT2D eigenvalue weighted by molar-refractivity contribution is -0.142. The maximum atomic E-state index is 12.5. The fraction of sp³-hybridized carbons (Fsp3) is 0.765. The summed E-state index contributed by atoms with van der Waals surface area (Å²) in [6.45, 7) is 0.130. The normalized spacial score (nSPS) is 18.4. The van der Waals surface area contributed by atoms with Crippen molar-refractivity contribution in [2.45, 2.75) is 43.8 Å². The first kappa shape index (κ1) is 24.6. The monoisotopic (exact) mass is 434 g/mol. The van der Waals surface area contributed by atoms with Gasteiger partial charge in [0.05, 0.1) is 12.6 Å². The van der Waals surface area contributed by atoms with E-state index in [1.165, 1.54) is 16.7 Å². The number of carboxylic acid groups (broad SMARTS) is 1. The minimum absolute atomic E-state index is 0.251. The van der Waals surface area contributed by atoms with Gasteiger partial charge in [0, 0.05) is 6.54 Å². The zero-order chi connectivity index (χ0) is 21.1. The summed E-state index contributed by atoms with van der Waals surface area (Å²) >= 11 is 3.09. The molecule has 11 heteroatoms. The van der Waals surface area contributed by atoms with E-state index in [0.29, 0.717) is 38.0 Å². The summed E-state index contributed by atoms with van der Waals surface area (Å²) in [4.78, 5) is 49.6. The van der Waals surface area contributed by atoms with Crippen LogP contribution in [0, 0.1) is 0 Å². The maximum Gasteiger partial charge on any atom is 0.326 e. The highest BCUT2D eigenvalue weighted by atomic mass is 32.2. The van der Waals surface area contributed by atoms with Crippen molar-refractivity contribution in [3.8, 4) is 0 Å². The van der Waals surface area contributed by atoms with E-state index in [1.54, 1.807) is 11.8 Å². The molecule has 3 unspecified atom stereocenters. The van der Waals surface area contributed by atoms with Crippen molar-refractivity contribution in [2.24, 2.45) is 5.73 Å². The topological polar surface area (TPSA) is 142 Å². The van der Waals surface area contributed by atoms with Gasteiger partial charge in [-0.15, -0.1) is 0 Å². The lowest BCUT2D eigenvalue weighted by Crippen LogP contribution is -2.53. The molecule has 0 saturated carbocycles. The number of carboxylic acids is 1. The molecule has 1 rings (SSSR count). The molecule has 5 N–H and O–H groups in total. The number of thioether (sulfide) groups is 2. The number of likely N-dealkylation sites (tertiary alicyclic amines) is 1. The molecule has 1 aliphatic heterocycles. The Morgan fingerprint density at radius 2 is 1.82 bits per heavy atom. The van der Waals surface area contributed by atoms with Gasteiger partial charge in [0.15, 0.2) is 0 Å². The van der Waals surface area contributed by atoms with Gasteiger partial charge in [0.1, 0.15) is 12.1 Å². The predicted octanol–water partition coefficient (Wildman–Crippen LogP) is -0.503. The van der Waals surface area contributed by atoms with Gasteiger partial charge < -0.3 is 26.4 Å². The third-order valence-corrected chi connectivity index (χ3v) is 5.74. The number of nitrogens with two attached hydrogens (primary N) is 1. The number of nitrogens with one attached hydrogen (secondary N) is 2. The fourth-order valence-electron chi connectivity index (χ4n) is 2.91. The van der Waals surface area contributed by atoms with Crippen LogP contribution in [0.4, 0.5) is 0 Å². The Morgan fingerprint density at radius 1 is 1.18 bits per heavy atom. The van der Waals surface area contributed by atoms with Crippen molar-refractivity contribution in [1.82, 2.24) is 15.5 Å². The van der Waals surface area contributed by atoms with E-state index in [2.05, 4.69) is 10.6 Å². The van der Waals surface area contributed by atoms with Crippen molar-refractivity contribution in [3.63, 3.8) is 0 Å². The highest BCUT2D eigenvalue weighted by Gasteiger charge is 2.36. The van der Waals surface area contributed by atoms with Gasteiger partial charge in [-0.3, -0.25) is 14.4 Å². The first-order chi connectivity index (χ1) is 13.3. The van der Waals surface area contributed by atoms with Crippen molar-refractivity contribution in [1.29, 1.82) is 0 Å². The van der Waals surface area contributed by atoms with Crippen LogP contribution in [-0.4, -0.2) is 88.9 Å². The summed E-state index contributed by atoms with van der Waals surface area (Å²) in [5.74, 6) is -0.998. The van der Waals surface area contributed by atoms with Crippen LogP contribution in [0.25, 0.3) is 0 Å². The van der Waals surface area contributed by atoms with E-state index < -0.39 is 35.9 Å². The molecule has 0 aliphatic carbocycles. The Balaban J connectivity index is 2.53. The van der Waals surface area contributed by atoms with Gasteiger partial charge in [-0.05, 0) is 49.7 Å². The number of hydrogen-bond donors (Lipinski definition) is 4. The lowest BCUT2D eigenvalue weighted by Gasteiger charge is -2.26. The fourth-order valence-corrected chi connectivity index (χ4v) is 3.87. The van der Waals surface area contributed by atoms with Crippen LogP contribution < -0.4 is 16.4 Å². The molecular formula is C17H30N4O5S2. The van der Waals surface area contributed by atoms with Crippen LogP contribution in [-0.2, 0) is 19.2 Å². The molecular weight excluding hydrogens is 404 g/mol. The van der Waals surface area contributed by atoms with Crippen molar-refractivity contribution in [2.75, 3.05) is 37.1 Å². The Morgan fingerprint density at radius 3 is 2.43 bits per heavy atom. The highest BCUT2D eigenvalue weighted by Crippen LogP contribution is 2.19. The average molecular weight is 435 g/mol. The van der Waals surface area contributed by atoms with Gasteiger partial charge in [-0.1, -0.05) is 0 Å². The standard InChI is InChI=1S/C17H30N4O5S2/c1-27-8-5-11(18)16(24)21-7-3-4-13(21)15(23)19-10-14(22)20-12(17(25)26)6-9-28-2/h11-13H,3-10,18H2,1-2H3,(H,19,23)(H,20,22)(H,25,26). The quantitative estimate of drug-likeness (QED) is 0.322. The zero-order valence-corrected chi connectivity index (χ0v) is 17.9. The molecule has 0 radical (unpaired) electrons. The van der Waals surface area contributed by atoms with E-state index >= 15 is 0 Å². The number of aliphatic carboxylic acids is 1. The summed E-state index contributed by atoms with van der Waals surface area (Å²) in [5.41, 5.74) is 5.93. The molecule has 0 aromatic rings. The molecule has 0 aromatic carbocycles. The lowest BCUT2D eigenvalue weighted by atomic mass is 10.1. The number of rotatable bonds is 12. The molecule has 160 valence electrons. The van der Waals surface area contributed by atoms with Crippen LogP contribution in [0.5, 0.6) is 0 Å². The number of hydrogen-bond acceptors (Lipinski definition) is 7. The minimum Gasteiger partial charge on any atom is -0.480 e. The maximum absolute atomic E-state index is 12.5. The third-order valence-electron chi connectivity index (χ3n) is 4.46. The number of nitrogens with zero attached hydrogens (tertiary/aromatic N) is 1.